The molecule has 2 amide bonds. The minimum absolute atomic E-state index is 0.138. The van der Waals surface area contributed by atoms with E-state index in [1.807, 2.05) is 37.2 Å². The van der Waals surface area contributed by atoms with Crippen LogP contribution in [0, 0.1) is 23.7 Å². The van der Waals surface area contributed by atoms with Gasteiger partial charge in [0, 0.05) is 31.4 Å². The van der Waals surface area contributed by atoms with Gasteiger partial charge in [0.25, 0.3) is 11.8 Å². The molecular weight excluding hydrogens is 386 g/mol. The summed E-state index contributed by atoms with van der Waals surface area (Å²) in [4.78, 5) is 39.1. The molecule has 0 aromatic heterocycles. The van der Waals surface area contributed by atoms with E-state index < -0.39 is 5.97 Å². The number of anilines is 1. The van der Waals surface area contributed by atoms with Crippen LogP contribution in [-0.2, 0) is 19.1 Å². The predicted octanol–water partition coefficient (Wildman–Crippen LogP) is 1.84. The summed E-state index contributed by atoms with van der Waals surface area (Å²) in [6.07, 6.45) is 6.41. The molecule has 30 heavy (non-hydrogen) atoms. The summed E-state index contributed by atoms with van der Waals surface area (Å²) in [5.41, 5.74) is 1.43. The van der Waals surface area contributed by atoms with Gasteiger partial charge in [-0.15, -0.1) is 0 Å². The molecule has 8 heteroatoms. The molecule has 2 fully saturated rings. The predicted molar refractivity (Wildman–Crippen MR) is 110 cm³/mol. The Kier molecular flexibility index (Phi) is 5.32. The zero-order valence-corrected chi connectivity index (χ0v) is 17.3. The van der Waals surface area contributed by atoms with E-state index in [1.165, 1.54) is 6.21 Å². The van der Waals surface area contributed by atoms with Crippen molar-refractivity contribution in [2.45, 2.75) is 13.3 Å². The minimum atomic E-state index is -0.476. The molecule has 0 unspecified atom stereocenters. The van der Waals surface area contributed by atoms with Crippen molar-refractivity contribution >= 4 is 29.7 Å². The lowest BCUT2D eigenvalue weighted by molar-refractivity contribution is -0.145. The van der Waals surface area contributed by atoms with Crippen molar-refractivity contribution in [1.82, 2.24) is 5.01 Å². The second-order valence-corrected chi connectivity index (χ2v) is 7.94. The quantitative estimate of drug-likeness (QED) is 0.294. The van der Waals surface area contributed by atoms with Gasteiger partial charge in [-0.2, -0.15) is 10.1 Å². The smallest absolute Gasteiger partial charge is 0.344 e. The van der Waals surface area contributed by atoms with Crippen molar-refractivity contribution in [2.75, 3.05) is 32.2 Å². The van der Waals surface area contributed by atoms with Gasteiger partial charge in [-0.1, -0.05) is 12.2 Å². The highest BCUT2D eigenvalue weighted by atomic mass is 16.6. The number of hydrazone groups is 1. The van der Waals surface area contributed by atoms with Gasteiger partial charge in [0.1, 0.15) is 5.75 Å². The average Bonchev–Trinajstić information content (AvgIpc) is 3.40. The van der Waals surface area contributed by atoms with Crippen LogP contribution in [0.1, 0.15) is 18.9 Å². The maximum atomic E-state index is 12.8. The van der Waals surface area contributed by atoms with Gasteiger partial charge in [-0.25, -0.2) is 4.79 Å². The van der Waals surface area contributed by atoms with Crippen LogP contribution < -0.4 is 9.64 Å². The lowest BCUT2D eigenvalue weighted by atomic mass is 9.85. The molecule has 2 bridgehead atoms. The highest BCUT2D eigenvalue weighted by Crippen LogP contribution is 2.52. The molecule has 8 nitrogen and oxygen atoms in total. The van der Waals surface area contributed by atoms with Crippen LogP contribution in [0.25, 0.3) is 0 Å². The molecule has 0 spiro atoms. The first-order valence-electron chi connectivity index (χ1n) is 10.1. The van der Waals surface area contributed by atoms with Gasteiger partial charge in [-0.3, -0.25) is 9.59 Å². The number of hydrogen-bond donors (Lipinski definition) is 0. The largest absolute Gasteiger partial charge is 0.481 e. The zero-order chi connectivity index (χ0) is 21.4. The molecular formula is C22H25N3O5. The lowest BCUT2D eigenvalue weighted by Gasteiger charge is -2.16. The number of fused-ring (bicyclic) bond motifs is 5. The highest BCUT2D eigenvalue weighted by Gasteiger charge is 2.59. The number of amides is 2. The van der Waals surface area contributed by atoms with Crippen molar-refractivity contribution in [3.63, 3.8) is 0 Å². The number of rotatable bonds is 7. The fraction of sp³-hybridized carbons (Fsp3) is 0.455. The molecule has 158 valence electrons. The SMILES string of the molecule is CCOC(=O)COc1cc(N(C)C)ccc1C=NN1C(=O)[C@@H]2[C@H](C1=O)[C@H]1C=C[C@H]2C1. The van der Waals surface area contributed by atoms with Crippen LogP contribution in [0.3, 0.4) is 0 Å². The summed E-state index contributed by atoms with van der Waals surface area (Å²) in [7, 11) is 3.78. The van der Waals surface area contributed by atoms with Gasteiger partial charge in [0.15, 0.2) is 6.61 Å². The van der Waals surface area contributed by atoms with Crippen molar-refractivity contribution in [1.29, 1.82) is 0 Å². The first kappa shape index (κ1) is 20.1. The maximum absolute atomic E-state index is 12.8. The Bertz CT molecular complexity index is 909. The van der Waals surface area contributed by atoms with E-state index >= 15 is 0 Å². The Labute approximate surface area is 175 Å². The summed E-state index contributed by atoms with van der Waals surface area (Å²) < 4.78 is 10.5. The number of benzene rings is 1. The highest BCUT2D eigenvalue weighted by molar-refractivity contribution is 6.07. The number of esters is 1. The summed E-state index contributed by atoms with van der Waals surface area (Å²) >= 11 is 0. The molecule has 4 rings (SSSR count). The third kappa shape index (κ3) is 3.46. The molecule has 0 N–H and O–H groups in total. The molecule has 2 aliphatic carbocycles. The maximum Gasteiger partial charge on any atom is 0.344 e. The number of hydrogen-bond acceptors (Lipinski definition) is 7. The number of ether oxygens (including phenoxy) is 2. The van der Waals surface area contributed by atoms with Gasteiger partial charge >= 0.3 is 5.97 Å². The van der Waals surface area contributed by atoms with Gasteiger partial charge in [-0.05, 0) is 37.3 Å². The fourth-order valence-electron chi connectivity index (χ4n) is 4.49. The molecule has 1 aromatic carbocycles. The Hall–Kier alpha value is -3.16. The topological polar surface area (TPSA) is 88.5 Å². The summed E-state index contributed by atoms with van der Waals surface area (Å²) in [5, 5.41) is 5.20. The van der Waals surface area contributed by atoms with Crippen LogP contribution in [0.2, 0.25) is 0 Å². The van der Waals surface area contributed by atoms with Crippen molar-refractivity contribution < 1.29 is 23.9 Å². The first-order chi connectivity index (χ1) is 14.4. The number of allylic oxidation sites excluding steroid dienone is 2. The monoisotopic (exact) mass is 411 g/mol. The minimum Gasteiger partial charge on any atom is -0.481 e. The second kappa shape index (κ2) is 7.93. The zero-order valence-electron chi connectivity index (χ0n) is 17.3. The van der Waals surface area contributed by atoms with Gasteiger partial charge in [0.2, 0.25) is 0 Å². The summed E-state index contributed by atoms with van der Waals surface area (Å²) in [6.45, 7) is 1.75. The molecule has 1 saturated heterocycles. The molecule has 1 saturated carbocycles. The van der Waals surface area contributed by atoms with E-state index in [0.29, 0.717) is 11.3 Å². The third-order valence-electron chi connectivity index (χ3n) is 5.92. The van der Waals surface area contributed by atoms with E-state index in [9.17, 15) is 14.4 Å². The third-order valence-corrected chi connectivity index (χ3v) is 5.92. The molecule has 0 radical (unpaired) electrons. The molecule has 4 atom stereocenters. The second-order valence-electron chi connectivity index (χ2n) is 7.94. The van der Waals surface area contributed by atoms with Crippen LogP contribution in [-0.4, -0.2) is 56.3 Å². The van der Waals surface area contributed by atoms with Gasteiger partial charge in [0.05, 0.1) is 24.7 Å². The van der Waals surface area contributed by atoms with Crippen LogP contribution in [0.5, 0.6) is 5.75 Å². The Morgan fingerprint density at radius 3 is 2.47 bits per heavy atom. The van der Waals surface area contributed by atoms with Crippen molar-refractivity contribution in [2.24, 2.45) is 28.8 Å². The van der Waals surface area contributed by atoms with E-state index in [0.717, 1.165) is 17.1 Å². The molecule has 1 heterocycles. The number of imide groups is 1. The first-order valence-corrected chi connectivity index (χ1v) is 10.1. The Morgan fingerprint density at radius 1 is 1.20 bits per heavy atom. The number of carbonyl (C=O) groups is 3. The molecule has 1 aliphatic heterocycles. The molecule has 1 aromatic rings. The normalized spacial score (nSPS) is 26.6. The van der Waals surface area contributed by atoms with Crippen molar-refractivity contribution in [3.05, 3.63) is 35.9 Å². The number of nitrogens with zero attached hydrogens (tertiary/aromatic N) is 3. The van der Waals surface area contributed by atoms with E-state index in [-0.39, 0.29) is 48.7 Å². The van der Waals surface area contributed by atoms with Crippen molar-refractivity contribution in [3.8, 4) is 5.75 Å². The summed E-state index contributed by atoms with van der Waals surface area (Å²) in [6, 6.07) is 5.41. The van der Waals surface area contributed by atoms with E-state index in [4.69, 9.17) is 9.47 Å². The standard InChI is InChI=1S/C22H25N3O5/c1-4-29-18(26)12-30-17-10-16(24(2)3)8-7-15(17)11-23-25-21(27)19-13-5-6-14(9-13)20(19)22(25)28/h5-8,10-11,13-14,19-20H,4,9,12H2,1-3H3/t13-,14-,19-,20+/m0/s1. The van der Waals surface area contributed by atoms with Crippen LogP contribution in [0.15, 0.2) is 35.5 Å². The van der Waals surface area contributed by atoms with E-state index in [1.54, 1.807) is 19.1 Å². The summed E-state index contributed by atoms with van der Waals surface area (Å²) in [5.74, 6) is -0.844. The Morgan fingerprint density at radius 2 is 1.87 bits per heavy atom. The van der Waals surface area contributed by atoms with Gasteiger partial charge < -0.3 is 14.4 Å². The number of carbonyl (C=O) groups excluding carboxylic acids is 3. The fourth-order valence-corrected chi connectivity index (χ4v) is 4.49. The van der Waals surface area contributed by atoms with Crippen LogP contribution >= 0.6 is 0 Å². The molecule has 3 aliphatic rings. The average molecular weight is 411 g/mol. The lowest BCUT2D eigenvalue weighted by Crippen LogP contribution is -2.28. The Balaban J connectivity index is 1.55. The van der Waals surface area contributed by atoms with Crippen LogP contribution in [0.4, 0.5) is 5.69 Å². The van der Waals surface area contributed by atoms with E-state index in [2.05, 4.69) is 5.10 Å².